The maximum absolute atomic E-state index is 12.4. The highest BCUT2D eigenvalue weighted by atomic mass is 16.5. The molecular weight excluding hydrogens is 352 g/mol. The number of rotatable bonds is 8. The molecule has 28 heavy (non-hydrogen) atoms. The van der Waals surface area contributed by atoms with Gasteiger partial charge in [0.1, 0.15) is 0 Å². The molecule has 1 aliphatic heterocycles. The van der Waals surface area contributed by atoms with Crippen LogP contribution >= 0.6 is 0 Å². The predicted octanol–water partition coefficient (Wildman–Crippen LogP) is 4.08. The molecule has 0 aromatic heterocycles. The van der Waals surface area contributed by atoms with Crippen molar-refractivity contribution < 1.29 is 14.3 Å². The fraction of sp³-hybridized carbons (Fsp3) is 0.391. The molecule has 0 atom stereocenters. The maximum Gasteiger partial charge on any atom is 0.224 e. The fourth-order valence-electron chi connectivity index (χ4n) is 3.39. The van der Waals surface area contributed by atoms with Crippen LogP contribution in [-0.2, 0) is 16.0 Å². The minimum atomic E-state index is -0.142. The molecule has 5 heteroatoms. The Morgan fingerprint density at radius 3 is 2.43 bits per heavy atom. The molecule has 1 aliphatic rings. The van der Waals surface area contributed by atoms with Gasteiger partial charge in [-0.2, -0.15) is 0 Å². The van der Waals surface area contributed by atoms with Crippen molar-refractivity contribution in [3.05, 3.63) is 59.7 Å². The van der Waals surface area contributed by atoms with Crippen molar-refractivity contribution in [3.8, 4) is 0 Å². The summed E-state index contributed by atoms with van der Waals surface area (Å²) in [4.78, 5) is 27.0. The van der Waals surface area contributed by atoms with Gasteiger partial charge in [-0.3, -0.25) is 9.59 Å². The van der Waals surface area contributed by atoms with E-state index in [1.807, 2.05) is 48.5 Å². The molecule has 1 fully saturated rings. The number of hydrogen-bond acceptors (Lipinski definition) is 4. The summed E-state index contributed by atoms with van der Waals surface area (Å²) in [5.41, 5.74) is 3.68. The van der Waals surface area contributed by atoms with Crippen molar-refractivity contribution in [1.82, 2.24) is 0 Å². The number of nitrogens with one attached hydrogen (secondary N) is 1. The molecule has 1 saturated heterocycles. The van der Waals surface area contributed by atoms with Gasteiger partial charge in [0.25, 0.3) is 0 Å². The van der Waals surface area contributed by atoms with Crippen LogP contribution in [0.2, 0.25) is 0 Å². The smallest absolute Gasteiger partial charge is 0.224 e. The van der Waals surface area contributed by atoms with Crippen molar-refractivity contribution in [2.24, 2.45) is 0 Å². The quantitative estimate of drug-likeness (QED) is 0.701. The van der Waals surface area contributed by atoms with Crippen LogP contribution in [0.15, 0.2) is 48.5 Å². The van der Waals surface area contributed by atoms with Crippen molar-refractivity contribution in [3.63, 3.8) is 0 Å². The van der Waals surface area contributed by atoms with Crippen molar-refractivity contribution in [1.29, 1.82) is 0 Å². The summed E-state index contributed by atoms with van der Waals surface area (Å²) in [6.07, 6.45) is 2.48. The lowest BCUT2D eigenvalue weighted by molar-refractivity contribution is -0.116. The monoisotopic (exact) mass is 380 g/mol. The molecule has 0 spiro atoms. The minimum Gasteiger partial charge on any atom is -0.378 e. The fourth-order valence-corrected chi connectivity index (χ4v) is 3.39. The number of ketones is 1. The molecule has 0 radical (unpaired) electrons. The van der Waals surface area contributed by atoms with Crippen LogP contribution in [0.4, 0.5) is 11.4 Å². The summed E-state index contributed by atoms with van der Waals surface area (Å²) in [5, 5.41) is 2.97. The molecule has 3 rings (SSSR count). The normalized spacial score (nSPS) is 14.0. The van der Waals surface area contributed by atoms with Crippen LogP contribution in [0, 0.1) is 0 Å². The first-order valence-electron chi connectivity index (χ1n) is 10.0. The second kappa shape index (κ2) is 10.0. The molecule has 5 nitrogen and oxygen atoms in total. The lowest BCUT2D eigenvalue weighted by Gasteiger charge is -2.30. The summed E-state index contributed by atoms with van der Waals surface area (Å²) in [6, 6.07) is 15.5. The van der Waals surface area contributed by atoms with Crippen molar-refractivity contribution >= 4 is 23.1 Å². The van der Waals surface area contributed by atoms with Gasteiger partial charge in [0, 0.05) is 31.5 Å². The second-order valence-electron chi connectivity index (χ2n) is 7.03. The Labute approximate surface area is 166 Å². The van der Waals surface area contributed by atoms with E-state index in [1.54, 1.807) is 0 Å². The number of para-hydroxylation sites is 2. The molecule has 1 amide bonds. The van der Waals surface area contributed by atoms with Gasteiger partial charge in [-0.05, 0) is 24.1 Å². The van der Waals surface area contributed by atoms with Gasteiger partial charge in [-0.15, -0.1) is 0 Å². The number of ether oxygens (including phenoxy) is 1. The van der Waals surface area contributed by atoms with Gasteiger partial charge in [0.05, 0.1) is 24.6 Å². The number of aryl methyl sites for hydroxylation is 1. The third-order valence-corrected chi connectivity index (χ3v) is 4.92. The van der Waals surface area contributed by atoms with E-state index in [-0.39, 0.29) is 24.5 Å². The maximum atomic E-state index is 12.4. The number of morpholine rings is 1. The Balaban J connectivity index is 1.55. The van der Waals surface area contributed by atoms with Crippen molar-refractivity contribution in [2.75, 3.05) is 36.5 Å². The van der Waals surface area contributed by atoms with E-state index in [4.69, 9.17) is 4.74 Å². The van der Waals surface area contributed by atoms with Crippen LogP contribution in [0.5, 0.6) is 0 Å². The molecule has 0 aliphatic carbocycles. The molecular formula is C23H28N2O3. The summed E-state index contributed by atoms with van der Waals surface area (Å²) in [6.45, 7) is 5.12. The number of amides is 1. The zero-order valence-corrected chi connectivity index (χ0v) is 16.4. The topological polar surface area (TPSA) is 58.6 Å². The first kappa shape index (κ1) is 20.1. The highest BCUT2D eigenvalue weighted by Crippen LogP contribution is 2.26. The van der Waals surface area contributed by atoms with Gasteiger partial charge in [0.2, 0.25) is 5.91 Å². The lowest BCUT2D eigenvalue weighted by atomic mass is 10.0. The summed E-state index contributed by atoms with van der Waals surface area (Å²) >= 11 is 0. The minimum absolute atomic E-state index is 0.000312. The molecule has 0 bridgehead atoms. The molecule has 1 heterocycles. The Morgan fingerprint density at radius 1 is 1.00 bits per heavy atom. The summed E-state index contributed by atoms with van der Waals surface area (Å²) in [7, 11) is 0. The van der Waals surface area contributed by atoms with E-state index >= 15 is 0 Å². The Hall–Kier alpha value is -2.66. The average Bonchev–Trinajstić information content (AvgIpc) is 2.74. The van der Waals surface area contributed by atoms with Gasteiger partial charge >= 0.3 is 0 Å². The zero-order valence-electron chi connectivity index (χ0n) is 16.4. The summed E-state index contributed by atoms with van der Waals surface area (Å²) < 4.78 is 5.40. The van der Waals surface area contributed by atoms with Crippen LogP contribution < -0.4 is 10.2 Å². The van der Waals surface area contributed by atoms with E-state index in [9.17, 15) is 9.59 Å². The highest BCUT2D eigenvalue weighted by molar-refractivity contribution is 6.00. The Morgan fingerprint density at radius 2 is 1.71 bits per heavy atom. The van der Waals surface area contributed by atoms with Gasteiger partial charge in [-0.1, -0.05) is 49.7 Å². The SMILES string of the molecule is CCCc1ccc(C(=O)CCC(=O)Nc2ccccc2N2CCOCC2)cc1. The van der Waals surface area contributed by atoms with Crippen LogP contribution in [0.25, 0.3) is 0 Å². The number of hydrogen-bond donors (Lipinski definition) is 1. The lowest BCUT2D eigenvalue weighted by Crippen LogP contribution is -2.36. The number of nitrogens with zero attached hydrogens (tertiary/aromatic N) is 1. The zero-order chi connectivity index (χ0) is 19.8. The number of carbonyl (C=O) groups excluding carboxylic acids is 2. The molecule has 2 aromatic carbocycles. The first-order valence-corrected chi connectivity index (χ1v) is 10.0. The van der Waals surface area contributed by atoms with E-state index in [1.165, 1.54) is 5.56 Å². The molecule has 0 unspecified atom stereocenters. The number of benzene rings is 2. The molecule has 148 valence electrons. The molecule has 0 saturated carbocycles. The van der Waals surface area contributed by atoms with E-state index in [0.717, 1.165) is 37.3 Å². The largest absolute Gasteiger partial charge is 0.378 e. The molecule has 1 N–H and O–H groups in total. The average molecular weight is 380 g/mol. The summed E-state index contributed by atoms with van der Waals surface area (Å²) in [5.74, 6) is -0.142. The van der Waals surface area contributed by atoms with E-state index in [0.29, 0.717) is 18.8 Å². The highest BCUT2D eigenvalue weighted by Gasteiger charge is 2.16. The standard InChI is InChI=1S/C23H28N2O3/c1-2-5-18-8-10-19(11-9-18)22(26)12-13-23(27)24-20-6-3-4-7-21(20)25-14-16-28-17-15-25/h3-4,6-11H,2,5,12-17H2,1H3,(H,24,27). The Kier molecular flexibility index (Phi) is 7.20. The predicted molar refractivity (Wildman–Crippen MR) is 112 cm³/mol. The van der Waals surface area contributed by atoms with Crippen LogP contribution in [0.3, 0.4) is 0 Å². The number of carbonyl (C=O) groups is 2. The Bertz CT molecular complexity index is 796. The van der Waals surface area contributed by atoms with Gasteiger partial charge in [0.15, 0.2) is 5.78 Å². The third-order valence-electron chi connectivity index (χ3n) is 4.92. The van der Waals surface area contributed by atoms with Crippen LogP contribution in [-0.4, -0.2) is 38.0 Å². The molecule has 2 aromatic rings. The third kappa shape index (κ3) is 5.42. The van der Waals surface area contributed by atoms with Crippen molar-refractivity contribution in [2.45, 2.75) is 32.6 Å². The van der Waals surface area contributed by atoms with E-state index in [2.05, 4.69) is 17.1 Å². The van der Waals surface area contributed by atoms with Gasteiger partial charge < -0.3 is 15.0 Å². The number of Topliss-reactive ketones (excluding diaryl/α,β-unsaturated/α-hetero) is 1. The van der Waals surface area contributed by atoms with E-state index < -0.39 is 0 Å². The van der Waals surface area contributed by atoms with Crippen LogP contribution in [0.1, 0.15) is 42.1 Å². The first-order chi connectivity index (χ1) is 13.7. The second-order valence-corrected chi connectivity index (χ2v) is 7.03. The number of anilines is 2. The van der Waals surface area contributed by atoms with Gasteiger partial charge in [-0.25, -0.2) is 0 Å².